The molecular formula is C19H18N6. The highest BCUT2D eigenvalue weighted by Crippen LogP contribution is 2.25. The van der Waals surface area contributed by atoms with Crippen LogP contribution in [0.3, 0.4) is 0 Å². The summed E-state index contributed by atoms with van der Waals surface area (Å²) in [4.78, 5) is 4.44. The first kappa shape index (κ1) is 16.4. The largest absolute Gasteiger partial charge is 0.338 e. The number of rotatable bonds is 4. The number of nitrogens with zero attached hydrogens (tertiary/aromatic N) is 4. The van der Waals surface area contributed by atoms with E-state index < -0.39 is 0 Å². The second kappa shape index (κ2) is 6.97. The number of anilines is 4. The summed E-state index contributed by atoms with van der Waals surface area (Å²) in [6.45, 7) is 6.19. The van der Waals surface area contributed by atoms with E-state index in [1.54, 1.807) is 24.4 Å². The molecule has 0 unspecified atom stereocenters. The van der Waals surface area contributed by atoms with Crippen molar-refractivity contribution in [1.82, 2.24) is 15.2 Å². The van der Waals surface area contributed by atoms with E-state index in [0.29, 0.717) is 17.3 Å². The van der Waals surface area contributed by atoms with Gasteiger partial charge in [-0.2, -0.15) is 15.3 Å². The van der Waals surface area contributed by atoms with Crippen LogP contribution in [0.4, 0.5) is 23.1 Å². The smallest absolute Gasteiger partial charge is 0.249 e. The summed E-state index contributed by atoms with van der Waals surface area (Å²) < 4.78 is 0. The maximum absolute atomic E-state index is 8.98. The van der Waals surface area contributed by atoms with E-state index in [4.69, 9.17) is 5.26 Å². The van der Waals surface area contributed by atoms with E-state index in [1.165, 1.54) is 5.56 Å². The van der Waals surface area contributed by atoms with Crippen LogP contribution in [0.25, 0.3) is 0 Å². The van der Waals surface area contributed by atoms with Gasteiger partial charge in [0.15, 0.2) is 5.82 Å². The van der Waals surface area contributed by atoms with E-state index in [1.807, 2.05) is 6.07 Å². The van der Waals surface area contributed by atoms with Crippen LogP contribution in [0.15, 0.2) is 42.6 Å². The van der Waals surface area contributed by atoms with Gasteiger partial charge < -0.3 is 10.6 Å². The summed E-state index contributed by atoms with van der Waals surface area (Å²) in [6.07, 6.45) is 1.58. The average Bonchev–Trinajstić information content (AvgIpc) is 2.58. The summed E-state index contributed by atoms with van der Waals surface area (Å²) in [7, 11) is 0. The highest BCUT2D eigenvalue weighted by atomic mass is 15.3. The van der Waals surface area contributed by atoms with Crippen molar-refractivity contribution < 1.29 is 0 Å². The third kappa shape index (κ3) is 3.90. The maximum Gasteiger partial charge on any atom is 0.249 e. The van der Waals surface area contributed by atoms with Gasteiger partial charge >= 0.3 is 0 Å². The molecule has 0 saturated carbocycles. The number of hydrogen-bond acceptors (Lipinski definition) is 6. The minimum absolute atomic E-state index is 0.363. The Labute approximate surface area is 146 Å². The average molecular weight is 330 g/mol. The molecule has 1 aromatic heterocycles. The molecule has 0 bridgehead atoms. The van der Waals surface area contributed by atoms with Gasteiger partial charge in [-0.3, -0.25) is 0 Å². The Morgan fingerprint density at radius 2 is 1.76 bits per heavy atom. The molecule has 2 N–H and O–H groups in total. The Balaban J connectivity index is 1.84. The molecule has 0 fully saturated rings. The molecule has 0 aliphatic rings. The van der Waals surface area contributed by atoms with Gasteiger partial charge in [-0.05, 0) is 50.1 Å². The molecule has 124 valence electrons. The highest BCUT2D eigenvalue weighted by molar-refractivity contribution is 5.66. The molecule has 0 aliphatic carbocycles. The Bertz CT molecular complexity index is 935. The molecule has 2 aromatic carbocycles. The van der Waals surface area contributed by atoms with Crippen LogP contribution in [0.5, 0.6) is 0 Å². The first-order chi connectivity index (χ1) is 12.0. The van der Waals surface area contributed by atoms with Crippen LogP contribution in [-0.4, -0.2) is 15.2 Å². The molecule has 3 aromatic rings. The van der Waals surface area contributed by atoms with Crippen LogP contribution in [0.1, 0.15) is 22.3 Å². The molecule has 0 spiro atoms. The summed E-state index contributed by atoms with van der Waals surface area (Å²) in [5.41, 5.74) is 5.84. The third-order valence-corrected chi connectivity index (χ3v) is 3.74. The summed E-state index contributed by atoms with van der Waals surface area (Å²) in [5, 5.41) is 23.3. The Morgan fingerprint density at radius 1 is 1.00 bits per heavy atom. The van der Waals surface area contributed by atoms with Crippen molar-refractivity contribution in [3.8, 4) is 6.07 Å². The van der Waals surface area contributed by atoms with Crippen LogP contribution < -0.4 is 10.6 Å². The van der Waals surface area contributed by atoms with E-state index in [2.05, 4.69) is 64.8 Å². The SMILES string of the molecule is Cc1cc(C)c(Nc2cnnc(Nc3cccc(C#N)c3)n2)c(C)c1. The first-order valence-electron chi connectivity index (χ1n) is 7.87. The quantitative estimate of drug-likeness (QED) is 0.747. The number of nitrogens with one attached hydrogen (secondary N) is 2. The van der Waals surface area contributed by atoms with Gasteiger partial charge in [-0.25, -0.2) is 0 Å². The summed E-state index contributed by atoms with van der Waals surface area (Å²) in [6, 6.07) is 13.5. The molecule has 3 rings (SSSR count). The fourth-order valence-electron chi connectivity index (χ4n) is 2.72. The first-order valence-corrected chi connectivity index (χ1v) is 7.87. The van der Waals surface area contributed by atoms with Crippen molar-refractivity contribution in [2.75, 3.05) is 10.6 Å². The van der Waals surface area contributed by atoms with Crippen LogP contribution in [0.2, 0.25) is 0 Å². The zero-order valence-electron chi connectivity index (χ0n) is 14.3. The molecule has 25 heavy (non-hydrogen) atoms. The Kier molecular flexibility index (Phi) is 4.57. The molecule has 0 atom stereocenters. The zero-order chi connectivity index (χ0) is 17.8. The van der Waals surface area contributed by atoms with Crippen molar-refractivity contribution in [2.24, 2.45) is 0 Å². The van der Waals surface area contributed by atoms with Crippen LogP contribution in [-0.2, 0) is 0 Å². The lowest BCUT2D eigenvalue weighted by Gasteiger charge is -2.13. The second-order valence-corrected chi connectivity index (χ2v) is 5.88. The lowest BCUT2D eigenvalue weighted by atomic mass is 10.1. The molecule has 0 aliphatic heterocycles. The minimum atomic E-state index is 0.363. The highest BCUT2D eigenvalue weighted by Gasteiger charge is 2.07. The molecule has 0 amide bonds. The van der Waals surface area contributed by atoms with Crippen LogP contribution >= 0.6 is 0 Å². The van der Waals surface area contributed by atoms with Gasteiger partial charge in [0.05, 0.1) is 17.8 Å². The maximum atomic E-state index is 8.98. The van der Waals surface area contributed by atoms with Crippen molar-refractivity contribution in [3.63, 3.8) is 0 Å². The minimum Gasteiger partial charge on any atom is -0.338 e. The normalized spacial score (nSPS) is 10.2. The zero-order valence-corrected chi connectivity index (χ0v) is 14.3. The van der Waals surface area contributed by atoms with E-state index >= 15 is 0 Å². The molecule has 0 saturated heterocycles. The third-order valence-electron chi connectivity index (χ3n) is 3.74. The predicted molar refractivity (Wildman–Crippen MR) is 98.2 cm³/mol. The van der Waals surface area contributed by atoms with Crippen molar-refractivity contribution in [3.05, 3.63) is 64.8 Å². The van der Waals surface area contributed by atoms with E-state index in [0.717, 1.165) is 22.5 Å². The predicted octanol–water partition coefficient (Wildman–Crippen LogP) is 4.16. The molecule has 1 heterocycles. The molecule has 6 heteroatoms. The van der Waals surface area contributed by atoms with Gasteiger partial charge in [-0.15, -0.1) is 5.10 Å². The van der Waals surface area contributed by atoms with Gasteiger partial charge in [0.2, 0.25) is 5.95 Å². The number of nitriles is 1. The van der Waals surface area contributed by atoms with Crippen molar-refractivity contribution in [1.29, 1.82) is 5.26 Å². The monoisotopic (exact) mass is 330 g/mol. The summed E-state index contributed by atoms with van der Waals surface area (Å²) in [5.74, 6) is 0.964. The van der Waals surface area contributed by atoms with Gasteiger partial charge in [-0.1, -0.05) is 23.8 Å². The number of aryl methyl sites for hydroxylation is 3. The van der Waals surface area contributed by atoms with Gasteiger partial charge in [0, 0.05) is 11.4 Å². The topological polar surface area (TPSA) is 86.5 Å². The Hall–Kier alpha value is -3.46. The van der Waals surface area contributed by atoms with Gasteiger partial charge in [0.25, 0.3) is 0 Å². The lowest BCUT2D eigenvalue weighted by molar-refractivity contribution is 0.981. The number of benzene rings is 2. The van der Waals surface area contributed by atoms with Crippen molar-refractivity contribution >= 4 is 23.1 Å². The van der Waals surface area contributed by atoms with Crippen LogP contribution in [0, 0.1) is 32.1 Å². The second-order valence-electron chi connectivity index (χ2n) is 5.88. The lowest BCUT2D eigenvalue weighted by Crippen LogP contribution is -2.04. The van der Waals surface area contributed by atoms with E-state index in [9.17, 15) is 0 Å². The molecule has 0 radical (unpaired) electrons. The summed E-state index contributed by atoms with van der Waals surface area (Å²) >= 11 is 0. The standard InChI is InChI=1S/C19H18N6/c1-12-7-13(2)18(14(3)8-12)23-17-11-21-25-19(24-17)22-16-6-4-5-15(9-16)10-20/h4-9,11H,1-3H3,(H2,22,23,24,25). The number of aromatic nitrogens is 3. The van der Waals surface area contributed by atoms with E-state index in [-0.39, 0.29) is 0 Å². The van der Waals surface area contributed by atoms with Crippen molar-refractivity contribution in [2.45, 2.75) is 20.8 Å². The fourth-order valence-corrected chi connectivity index (χ4v) is 2.72. The Morgan fingerprint density at radius 3 is 2.48 bits per heavy atom. The van der Waals surface area contributed by atoms with Gasteiger partial charge in [0.1, 0.15) is 0 Å². The molecule has 6 nitrogen and oxygen atoms in total. The fraction of sp³-hybridized carbons (Fsp3) is 0.158. The number of hydrogen-bond donors (Lipinski definition) is 2. The molecular weight excluding hydrogens is 312 g/mol.